The van der Waals surface area contributed by atoms with Crippen LogP contribution in [0.1, 0.15) is 24.2 Å². The molecule has 0 aliphatic rings. The molecule has 0 saturated carbocycles. The maximum Gasteiger partial charge on any atom is 0.337 e. The molecule has 3 nitrogen and oxygen atoms in total. The van der Waals surface area contributed by atoms with Crippen molar-refractivity contribution in [3.8, 4) is 5.75 Å². The normalized spacial score (nSPS) is 10.5. The molecule has 1 aromatic rings. The van der Waals surface area contributed by atoms with Crippen molar-refractivity contribution in [2.45, 2.75) is 13.8 Å². The van der Waals surface area contributed by atoms with Crippen LogP contribution in [0.15, 0.2) is 16.6 Å². The van der Waals surface area contributed by atoms with E-state index < -0.39 is 11.8 Å². The second-order valence-electron chi connectivity index (χ2n) is 3.97. The summed E-state index contributed by atoms with van der Waals surface area (Å²) in [5, 5.41) is 0. The molecule has 0 fully saturated rings. The molecule has 0 unspecified atom stereocenters. The molecule has 0 radical (unpaired) electrons. The molecule has 0 saturated heterocycles. The Hall–Kier alpha value is -1.10. The van der Waals surface area contributed by atoms with Gasteiger partial charge in [-0.05, 0) is 34.0 Å². The fraction of sp³-hybridized carbons (Fsp3) is 0.417. The summed E-state index contributed by atoms with van der Waals surface area (Å²) in [7, 11) is 1.25. The van der Waals surface area contributed by atoms with E-state index in [0.717, 1.165) is 6.07 Å². The minimum absolute atomic E-state index is 0.117. The van der Waals surface area contributed by atoms with E-state index in [0.29, 0.717) is 17.0 Å². The van der Waals surface area contributed by atoms with Crippen LogP contribution in [0, 0.1) is 11.7 Å². The van der Waals surface area contributed by atoms with E-state index in [1.54, 1.807) is 0 Å². The number of carbonyl (C=O) groups excluding carboxylic acids is 1. The molecule has 0 aromatic heterocycles. The van der Waals surface area contributed by atoms with Crippen LogP contribution in [-0.4, -0.2) is 19.7 Å². The number of rotatable bonds is 4. The molecule has 0 heterocycles. The Morgan fingerprint density at radius 3 is 2.59 bits per heavy atom. The molecule has 5 heteroatoms. The Morgan fingerprint density at radius 1 is 1.47 bits per heavy atom. The second-order valence-corrected chi connectivity index (χ2v) is 4.82. The Labute approximate surface area is 108 Å². The number of esters is 1. The summed E-state index contributed by atoms with van der Waals surface area (Å²) in [4.78, 5) is 11.2. The Bertz CT molecular complexity index is 395. The Balaban J connectivity index is 2.98. The monoisotopic (exact) mass is 304 g/mol. The highest BCUT2D eigenvalue weighted by atomic mass is 79.9. The molecule has 1 aromatic carbocycles. The quantitative estimate of drug-likeness (QED) is 0.800. The number of methoxy groups -OCH3 is 1. The van der Waals surface area contributed by atoms with Crippen LogP contribution in [0.2, 0.25) is 0 Å². The van der Waals surface area contributed by atoms with Crippen molar-refractivity contribution in [2.24, 2.45) is 5.92 Å². The van der Waals surface area contributed by atoms with E-state index in [1.165, 1.54) is 13.2 Å². The van der Waals surface area contributed by atoms with Gasteiger partial charge in [-0.2, -0.15) is 0 Å². The van der Waals surface area contributed by atoms with Crippen molar-refractivity contribution in [1.82, 2.24) is 0 Å². The van der Waals surface area contributed by atoms with Gasteiger partial charge < -0.3 is 9.47 Å². The van der Waals surface area contributed by atoms with Crippen molar-refractivity contribution in [1.29, 1.82) is 0 Å². The molecule has 0 aliphatic heterocycles. The molecule has 0 aliphatic carbocycles. The van der Waals surface area contributed by atoms with Gasteiger partial charge in [0.2, 0.25) is 0 Å². The van der Waals surface area contributed by atoms with E-state index in [-0.39, 0.29) is 11.3 Å². The third-order valence-electron chi connectivity index (χ3n) is 1.98. The van der Waals surface area contributed by atoms with E-state index in [4.69, 9.17) is 4.74 Å². The van der Waals surface area contributed by atoms with Gasteiger partial charge >= 0.3 is 5.97 Å². The van der Waals surface area contributed by atoms with Crippen molar-refractivity contribution >= 4 is 21.9 Å². The smallest absolute Gasteiger partial charge is 0.337 e. The van der Waals surface area contributed by atoms with Crippen molar-refractivity contribution < 1.29 is 18.7 Å². The SMILES string of the molecule is COC(=O)c1cc(F)c(OCC(C)C)c(Br)c1. The zero-order valence-corrected chi connectivity index (χ0v) is 11.5. The zero-order chi connectivity index (χ0) is 13.0. The van der Waals surface area contributed by atoms with Gasteiger partial charge in [-0.15, -0.1) is 0 Å². The lowest BCUT2D eigenvalue weighted by Gasteiger charge is -2.12. The second kappa shape index (κ2) is 6.00. The van der Waals surface area contributed by atoms with Gasteiger partial charge in [0.15, 0.2) is 11.6 Å². The Morgan fingerprint density at radius 2 is 2.12 bits per heavy atom. The summed E-state index contributed by atoms with van der Waals surface area (Å²) in [5.74, 6) is -0.756. The van der Waals surface area contributed by atoms with Crippen molar-refractivity contribution in [3.63, 3.8) is 0 Å². The van der Waals surface area contributed by atoms with Gasteiger partial charge in [0, 0.05) is 0 Å². The minimum Gasteiger partial charge on any atom is -0.489 e. The molecular weight excluding hydrogens is 291 g/mol. The molecule has 0 N–H and O–H groups in total. The fourth-order valence-electron chi connectivity index (χ4n) is 1.18. The highest BCUT2D eigenvalue weighted by Gasteiger charge is 2.15. The summed E-state index contributed by atoms with van der Waals surface area (Å²) < 4.78 is 23.9. The highest BCUT2D eigenvalue weighted by molar-refractivity contribution is 9.10. The van der Waals surface area contributed by atoms with Gasteiger partial charge in [0.05, 0.1) is 23.8 Å². The third kappa shape index (κ3) is 3.70. The first-order chi connectivity index (χ1) is 7.95. The van der Waals surface area contributed by atoms with Crippen LogP contribution >= 0.6 is 15.9 Å². The molecule has 94 valence electrons. The Kier molecular flexibility index (Phi) is 4.93. The van der Waals surface area contributed by atoms with E-state index in [1.807, 2.05) is 13.8 Å². The largest absolute Gasteiger partial charge is 0.489 e. The van der Waals surface area contributed by atoms with Crippen LogP contribution in [0.4, 0.5) is 4.39 Å². The number of halogens is 2. The third-order valence-corrected chi connectivity index (χ3v) is 2.57. The first kappa shape index (κ1) is 14.0. The lowest BCUT2D eigenvalue weighted by atomic mass is 10.2. The topological polar surface area (TPSA) is 35.5 Å². The van der Waals surface area contributed by atoms with Crippen LogP contribution in [0.3, 0.4) is 0 Å². The van der Waals surface area contributed by atoms with Crippen molar-refractivity contribution in [2.75, 3.05) is 13.7 Å². The predicted molar refractivity (Wildman–Crippen MR) is 65.8 cm³/mol. The summed E-state index contributed by atoms with van der Waals surface area (Å²) >= 11 is 3.17. The van der Waals surface area contributed by atoms with Gasteiger partial charge in [-0.3, -0.25) is 0 Å². The predicted octanol–water partition coefficient (Wildman–Crippen LogP) is 3.41. The van der Waals surface area contributed by atoms with Crippen LogP contribution in [0.25, 0.3) is 0 Å². The van der Waals surface area contributed by atoms with E-state index in [2.05, 4.69) is 20.7 Å². The van der Waals surface area contributed by atoms with Gasteiger partial charge in [-0.1, -0.05) is 13.8 Å². The molecular formula is C12H14BrFO3. The van der Waals surface area contributed by atoms with Crippen LogP contribution in [0.5, 0.6) is 5.75 Å². The lowest BCUT2D eigenvalue weighted by molar-refractivity contribution is 0.0600. The fourth-order valence-corrected chi connectivity index (χ4v) is 1.73. The zero-order valence-electron chi connectivity index (χ0n) is 9.92. The first-order valence-electron chi connectivity index (χ1n) is 5.15. The first-order valence-corrected chi connectivity index (χ1v) is 5.95. The summed E-state index contributed by atoms with van der Waals surface area (Å²) in [6.07, 6.45) is 0. The summed E-state index contributed by atoms with van der Waals surface area (Å²) in [5.41, 5.74) is 0.147. The van der Waals surface area contributed by atoms with Gasteiger partial charge in [-0.25, -0.2) is 9.18 Å². The average Bonchev–Trinajstić information content (AvgIpc) is 2.26. The highest BCUT2D eigenvalue weighted by Crippen LogP contribution is 2.30. The average molecular weight is 305 g/mol. The summed E-state index contributed by atoms with van der Waals surface area (Å²) in [6, 6.07) is 2.58. The molecule has 0 spiro atoms. The number of hydrogen-bond donors (Lipinski definition) is 0. The number of hydrogen-bond acceptors (Lipinski definition) is 3. The molecule has 0 atom stereocenters. The van der Waals surface area contributed by atoms with Crippen LogP contribution < -0.4 is 4.74 Å². The maximum absolute atomic E-state index is 13.7. The summed E-state index contributed by atoms with van der Waals surface area (Å²) in [6.45, 7) is 4.34. The number of carbonyl (C=O) groups is 1. The van der Waals surface area contributed by atoms with Gasteiger partial charge in [0.25, 0.3) is 0 Å². The molecule has 0 amide bonds. The number of ether oxygens (including phenoxy) is 2. The lowest BCUT2D eigenvalue weighted by Crippen LogP contribution is -2.08. The van der Waals surface area contributed by atoms with E-state index in [9.17, 15) is 9.18 Å². The number of benzene rings is 1. The molecule has 1 rings (SSSR count). The molecule has 17 heavy (non-hydrogen) atoms. The minimum atomic E-state index is -0.583. The van der Waals surface area contributed by atoms with E-state index >= 15 is 0 Å². The molecule has 0 bridgehead atoms. The standard InChI is InChI=1S/C12H14BrFO3/c1-7(2)6-17-11-9(13)4-8(5-10(11)14)12(15)16-3/h4-5,7H,6H2,1-3H3. The maximum atomic E-state index is 13.7. The van der Waals surface area contributed by atoms with Crippen molar-refractivity contribution in [3.05, 3.63) is 28.0 Å². The van der Waals surface area contributed by atoms with Gasteiger partial charge in [0.1, 0.15) is 0 Å². The van der Waals surface area contributed by atoms with Crippen LogP contribution in [-0.2, 0) is 4.74 Å².